The summed E-state index contributed by atoms with van der Waals surface area (Å²) < 4.78 is 5.74. The fourth-order valence-electron chi connectivity index (χ4n) is 2.86. The Balaban J connectivity index is 1.65. The number of phenolic OH excluding ortho intramolecular Hbond substituents is 1. The minimum Gasteiger partial charge on any atom is -0.507 e. The highest BCUT2D eigenvalue weighted by atomic mass is 16.5. The first kappa shape index (κ1) is 18.7. The van der Waals surface area contributed by atoms with E-state index in [1.54, 1.807) is 49.4 Å². The van der Waals surface area contributed by atoms with Gasteiger partial charge in [-0.05, 0) is 35.4 Å². The van der Waals surface area contributed by atoms with Crippen molar-refractivity contribution < 1.29 is 19.7 Å². The molecule has 0 saturated heterocycles. The van der Waals surface area contributed by atoms with Crippen molar-refractivity contribution in [1.82, 2.24) is 0 Å². The lowest BCUT2D eigenvalue weighted by atomic mass is 9.90. The van der Waals surface area contributed by atoms with Gasteiger partial charge in [0, 0.05) is 5.92 Å². The maximum absolute atomic E-state index is 12.6. The second-order valence-electron chi connectivity index (χ2n) is 6.46. The summed E-state index contributed by atoms with van der Waals surface area (Å²) in [5.74, 6) is -0.375. The molecular formula is C23H22O4. The van der Waals surface area contributed by atoms with Crippen LogP contribution >= 0.6 is 0 Å². The second kappa shape index (κ2) is 8.52. The number of para-hydroxylation sites is 1. The van der Waals surface area contributed by atoms with Gasteiger partial charge in [-0.15, -0.1) is 0 Å². The fraction of sp³-hybridized carbons (Fsp3) is 0.174. The van der Waals surface area contributed by atoms with Crippen molar-refractivity contribution in [2.75, 3.05) is 0 Å². The van der Waals surface area contributed by atoms with Crippen molar-refractivity contribution in [3.8, 4) is 11.5 Å². The topological polar surface area (TPSA) is 66.8 Å². The molecule has 0 aliphatic rings. The first-order chi connectivity index (χ1) is 13.1. The van der Waals surface area contributed by atoms with Crippen molar-refractivity contribution in [2.45, 2.75) is 19.6 Å². The minimum absolute atomic E-state index is 0.0776. The van der Waals surface area contributed by atoms with Gasteiger partial charge in [-0.2, -0.15) is 0 Å². The quantitative estimate of drug-likeness (QED) is 0.606. The van der Waals surface area contributed by atoms with E-state index in [9.17, 15) is 15.0 Å². The summed E-state index contributed by atoms with van der Waals surface area (Å²) in [6.45, 7) is 2.12. The summed E-state index contributed by atoms with van der Waals surface area (Å²) in [5, 5.41) is 20.4. The lowest BCUT2D eigenvalue weighted by Gasteiger charge is -2.19. The molecule has 138 valence electrons. The fourth-order valence-corrected chi connectivity index (χ4v) is 2.86. The molecular weight excluding hydrogens is 340 g/mol. The van der Waals surface area contributed by atoms with E-state index in [0.717, 1.165) is 5.56 Å². The Morgan fingerprint density at radius 2 is 1.56 bits per heavy atom. The largest absolute Gasteiger partial charge is 0.507 e. The Morgan fingerprint density at radius 3 is 2.22 bits per heavy atom. The predicted octanol–water partition coefficient (Wildman–Crippen LogP) is 4.52. The maximum Gasteiger partial charge on any atom is 0.172 e. The van der Waals surface area contributed by atoms with Gasteiger partial charge >= 0.3 is 0 Å². The number of aromatic hydroxyl groups is 1. The first-order valence-corrected chi connectivity index (χ1v) is 8.83. The molecule has 0 saturated carbocycles. The molecule has 0 spiro atoms. The van der Waals surface area contributed by atoms with Gasteiger partial charge in [0.2, 0.25) is 0 Å². The molecule has 4 nitrogen and oxygen atoms in total. The summed E-state index contributed by atoms with van der Waals surface area (Å²) in [4.78, 5) is 12.6. The zero-order valence-corrected chi connectivity index (χ0v) is 15.1. The lowest BCUT2D eigenvalue weighted by Crippen LogP contribution is -2.19. The molecule has 0 bridgehead atoms. The third-order valence-corrected chi connectivity index (χ3v) is 4.53. The van der Waals surface area contributed by atoms with Crippen LogP contribution < -0.4 is 4.74 Å². The molecule has 2 atom stereocenters. The van der Waals surface area contributed by atoms with Gasteiger partial charge in [0.25, 0.3) is 0 Å². The molecule has 0 fully saturated rings. The summed E-state index contributed by atoms with van der Waals surface area (Å²) in [5.41, 5.74) is 1.91. The molecule has 3 rings (SSSR count). The number of rotatable bonds is 7. The van der Waals surface area contributed by atoms with Crippen LogP contribution in [0.3, 0.4) is 0 Å². The Morgan fingerprint density at radius 1 is 0.926 bits per heavy atom. The molecule has 4 heteroatoms. The number of hydrogen-bond donors (Lipinski definition) is 2. The van der Waals surface area contributed by atoms with Gasteiger partial charge in [-0.3, -0.25) is 4.79 Å². The minimum atomic E-state index is -0.972. The van der Waals surface area contributed by atoms with E-state index in [2.05, 4.69) is 0 Å². The number of aliphatic hydroxyl groups is 1. The molecule has 3 aromatic carbocycles. The van der Waals surface area contributed by atoms with E-state index >= 15 is 0 Å². The number of carbonyl (C=O) groups excluding carboxylic acids is 1. The van der Waals surface area contributed by atoms with Crippen LogP contribution in [0.5, 0.6) is 11.5 Å². The van der Waals surface area contributed by atoms with Crippen LogP contribution in [0.25, 0.3) is 0 Å². The van der Waals surface area contributed by atoms with Gasteiger partial charge < -0.3 is 14.9 Å². The predicted molar refractivity (Wildman–Crippen MR) is 104 cm³/mol. The highest BCUT2D eigenvalue weighted by molar-refractivity contribution is 6.00. The lowest BCUT2D eigenvalue weighted by molar-refractivity contribution is 0.0711. The van der Waals surface area contributed by atoms with Crippen LogP contribution in [0.4, 0.5) is 0 Å². The van der Waals surface area contributed by atoms with Crippen LogP contribution in [-0.4, -0.2) is 16.0 Å². The van der Waals surface area contributed by atoms with Crippen molar-refractivity contribution >= 4 is 5.78 Å². The molecule has 0 radical (unpaired) electrons. The Bertz CT molecular complexity index is 888. The highest BCUT2D eigenvalue weighted by Crippen LogP contribution is 2.29. The monoisotopic (exact) mass is 362 g/mol. The summed E-state index contributed by atoms with van der Waals surface area (Å²) >= 11 is 0. The molecule has 0 aliphatic heterocycles. The maximum atomic E-state index is 12.6. The van der Waals surface area contributed by atoms with E-state index in [1.807, 2.05) is 30.3 Å². The number of phenols is 1. The number of hydrogen-bond acceptors (Lipinski definition) is 4. The van der Waals surface area contributed by atoms with Crippen LogP contribution in [0.1, 0.15) is 34.5 Å². The number of benzene rings is 3. The average Bonchev–Trinajstić information content (AvgIpc) is 2.72. The summed E-state index contributed by atoms with van der Waals surface area (Å²) in [6.07, 6.45) is -0.972. The number of carbonyl (C=O) groups is 1. The average molecular weight is 362 g/mol. The molecule has 27 heavy (non-hydrogen) atoms. The Kier molecular flexibility index (Phi) is 5.89. The van der Waals surface area contributed by atoms with Gasteiger partial charge in [-0.25, -0.2) is 0 Å². The van der Waals surface area contributed by atoms with E-state index in [4.69, 9.17) is 4.74 Å². The van der Waals surface area contributed by atoms with Crippen LogP contribution in [0.15, 0.2) is 78.9 Å². The molecule has 0 amide bonds. The normalized spacial score (nSPS) is 13.0. The number of Topliss-reactive ketones (excluding diaryl/α,β-unsaturated/α-hetero) is 1. The van der Waals surface area contributed by atoms with Crippen molar-refractivity contribution in [3.63, 3.8) is 0 Å². The van der Waals surface area contributed by atoms with Crippen molar-refractivity contribution in [3.05, 3.63) is 95.6 Å². The third kappa shape index (κ3) is 4.54. The molecule has 3 aromatic rings. The van der Waals surface area contributed by atoms with E-state index in [0.29, 0.717) is 17.9 Å². The van der Waals surface area contributed by atoms with Crippen molar-refractivity contribution in [1.29, 1.82) is 0 Å². The summed E-state index contributed by atoms with van der Waals surface area (Å²) in [6, 6.07) is 23.3. The van der Waals surface area contributed by atoms with Crippen LogP contribution in [0.2, 0.25) is 0 Å². The van der Waals surface area contributed by atoms with E-state index in [1.165, 1.54) is 6.07 Å². The highest BCUT2D eigenvalue weighted by Gasteiger charge is 2.26. The third-order valence-electron chi connectivity index (χ3n) is 4.53. The number of ketones is 1. The van der Waals surface area contributed by atoms with Gasteiger partial charge in [0.15, 0.2) is 5.78 Å². The van der Waals surface area contributed by atoms with Crippen LogP contribution in [0, 0.1) is 5.92 Å². The Labute approximate surface area is 158 Å². The molecule has 0 heterocycles. The standard InChI is InChI=1S/C23H22O4/c1-16(23(26)20-9-5-6-10-21(20)24)22(25)18-11-13-19(14-12-18)27-15-17-7-3-2-4-8-17/h2-14,16,22,24-25H,15H2,1H3/t16-,22+/m1/s1. The molecule has 0 aliphatic carbocycles. The van der Waals surface area contributed by atoms with Crippen molar-refractivity contribution in [2.24, 2.45) is 5.92 Å². The SMILES string of the molecule is C[C@@H](C(=O)c1ccccc1O)[C@H](O)c1ccc(OCc2ccccc2)cc1. The molecule has 0 aromatic heterocycles. The Hall–Kier alpha value is -3.11. The zero-order chi connectivity index (χ0) is 19.2. The first-order valence-electron chi connectivity index (χ1n) is 8.83. The van der Waals surface area contributed by atoms with E-state index < -0.39 is 12.0 Å². The van der Waals surface area contributed by atoms with Gasteiger partial charge in [0.05, 0.1) is 11.7 Å². The molecule has 0 unspecified atom stereocenters. The van der Waals surface area contributed by atoms with Gasteiger partial charge in [0.1, 0.15) is 18.1 Å². The zero-order valence-electron chi connectivity index (χ0n) is 15.1. The number of ether oxygens (including phenoxy) is 1. The van der Waals surface area contributed by atoms with Gasteiger partial charge in [-0.1, -0.05) is 61.5 Å². The summed E-state index contributed by atoms with van der Waals surface area (Å²) in [7, 11) is 0. The van der Waals surface area contributed by atoms with Crippen LogP contribution in [-0.2, 0) is 6.61 Å². The smallest absolute Gasteiger partial charge is 0.172 e. The number of aliphatic hydroxyl groups excluding tert-OH is 1. The van der Waals surface area contributed by atoms with E-state index in [-0.39, 0.29) is 17.1 Å². The second-order valence-corrected chi connectivity index (χ2v) is 6.46. The molecule has 2 N–H and O–H groups in total.